The number of thiazole rings is 1. The van der Waals surface area contributed by atoms with Crippen LogP contribution in [0.4, 0.5) is 5.13 Å². The molecule has 2 N–H and O–H groups in total. The van der Waals surface area contributed by atoms with Gasteiger partial charge < -0.3 is 10.4 Å². The standard InChI is InChI=1S/C16H25N3O2S/c1-11-5-4-6-12(10-20)19(11)9-15(21)18-16-17-13-7-2-3-8-14(13)22-16/h11-12,20H,2-10H2,1H3,(H,17,18,21). The predicted molar refractivity (Wildman–Crippen MR) is 88.3 cm³/mol. The van der Waals surface area contributed by atoms with Gasteiger partial charge in [0.05, 0.1) is 18.8 Å². The molecule has 1 aliphatic heterocycles. The fraction of sp³-hybridized carbons (Fsp3) is 0.750. The van der Waals surface area contributed by atoms with Crippen LogP contribution in [0.3, 0.4) is 0 Å². The molecule has 22 heavy (non-hydrogen) atoms. The van der Waals surface area contributed by atoms with Crippen molar-refractivity contribution in [3.63, 3.8) is 0 Å². The van der Waals surface area contributed by atoms with E-state index in [2.05, 4.69) is 22.1 Å². The number of aliphatic hydroxyl groups is 1. The second-order valence-corrected chi connectivity index (χ2v) is 7.52. The third kappa shape index (κ3) is 3.50. The highest BCUT2D eigenvalue weighted by atomic mass is 32.1. The number of nitrogens with zero attached hydrogens (tertiary/aromatic N) is 2. The van der Waals surface area contributed by atoms with Gasteiger partial charge in [-0.2, -0.15) is 0 Å². The average molecular weight is 323 g/mol. The number of hydrogen-bond acceptors (Lipinski definition) is 5. The number of hydrogen-bond donors (Lipinski definition) is 2. The zero-order valence-electron chi connectivity index (χ0n) is 13.2. The maximum Gasteiger partial charge on any atom is 0.240 e. The Morgan fingerprint density at radius 2 is 2.18 bits per heavy atom. The number of aliphatic hydroxyl groups excluding tert-OH is 1. The van der Waals surface area contributed by atoms with Gasteiger partial charge in [-0.1, -0.05) is 6.42 Å². The number of nitrogens with one attached hydrogen (secondary N) is 1. The van der Waals surface area contributed by atoms with E-state index < -0.39 is 0 Å². The van der Waals surface area contributed by atoms with Crippen molar-refractivity contribution in [1.29, 1.82) is 0 Å². The van der Waals surface area contributed by atoms with Gasteiger partial charge in [0.1, 0.15) is 0 Å². The lowest BCUT2D eigenvalue weighted by Gasteiger charge is -2.39. The summed E-state index contributed by atoms with van der Waals surface area (Å²) in [5, 5.41) is 13.2. The molecular formula is C16H25N3O2S. The monoisotopic (exact) mass is 323 g/mol. The van der Waals surface area contributed by atoms with E-state index in [4.69, 9.17) is 0 Å². The summed E-state index contributed by atoms with van der Waals surface area (Å²) in [5.74, 6) is -0.0155. The molecule has 2 aliphatic rings. The lowest BCUT2D eigenvalue weighted by molar-refractivity contribution is -0.119. The topological polar surface area (TPSA) is 65.5 Å². The molecule has 2 heterocycles. The number of likely N-dealkylation sites (tertiary alicyclic amines) is 1. The van der Waals surface area contributed by atoms with Gasteiger partial charge in [-0.15, -0.1) is 11.3 Å². The summed E-state index contributed by atoms with van der Waals surface area (Å²) in [4.78, 5) is 20.4. The van der Waals surface area contributed by atoms with Gasteiger partial charge in [-0.05, 0) is 45.4 Å². The average Bonchev–Trinajstić information content (AvgIpc) is 2.91. The first-order valence-electron chi connectivity index (χ1n) is 8.32. The van der Waals surface area contributed by atoms with Crippen LogP contribution in [0.25, 0.3) is 0 Å². The second-order valence-electron chi connectivity index (χ2n) is 6.43. The number of aromatic nitrogens is 1. The number of rotatable bonds is 4. The van der Waals surface area contributed by atoms with Crippen LogP contribution in [0.15, 0.2) is 0 Å². The zero-order chi connectivity index (χ0) is 15.5. The number of amides is 1. The molecule has 0 spiro atoms. The molecule has 1 fully saturated rings. The zero-order valence-corrected chi connectivity index (χ0v) is 14.0. The molecule has 1 aliphatic carbocycles. The van der Waals surface area contributed by atoms with Crippen LogP contribution in [0.2, 0.25) is 0 Å². The van der Waals surface area contributed by atoms with Crippen LogP contribution in [0.5, 0.6) is 0 Å². The molecule has 0 saturated carbocycles. The molecule has 1 aromatic heterocycles. The molecule has 3 rings (SSSR count). The van der Waals surface area contributed by atoms with Gasteiger partial charge in [0, 0.05) is 17.0 Å². The molecule has 0 radical (unpaired) electrons. The smallest absolute Gasteiger partial charge is 0.240 e. The van der Waals surface area contributed by atoms with E-state index in [0.717, 1.165) is 37.2 Å². The van der Waals surface area contributed by atoms with Gasteiger partial charge in [0.15, 0.2) is 5.13 Å². The van der Waals surface area contributed by atoms with Crippen molar-refractivity contribution < 1.29 is 9.90 Å². The molecule has 6 heteroatoms. The first-order valence-corrected chi connectivity index (χ1v) is 9.14. The van der Waals surface area contributed by atoms with Gasteiger partial charge in [-0.3, -0.25) is 9.69 Å². The van der Waals surface area contributed by atoms with Crippen LogP contribution >= 0.6 is 11.3 Å². The van der Waals surface area contributed by atoms with Crippen molar-refractivity contribution in [1.82, 2.24) is 9.88 Å². The van der Waals surface area contributed by atoms with Gasteiger partial charge in [0.25, 0.3) is 0 Å². The van der Waals surface area contributed by atoms with Crippen molar-refractivity contribution in [2.75, 3.05) is 18.5 Å². The SMILES string of the molecule is CC1CCCC(CO)N1CC(=O)Nc1nc2c(s1)CCCC2. The maximum atomic E-state index is 12.3. The Kier molecular flexibility index (Phi) is 5.10. The van der Waals surface area contributed by atoms with Crippen molar-refractivity contribution in [3.05, 3.63) is 10.6 Å². The third-order valence-electron chi connectivity index (χ3n) is 4.82. The molecule has 1 saturated heterocycles. The summed E-state index contributed by atoms with van der Waals surface area (Å²) in [6.07, 6.45) is 7.76. The maximum absolute atomic E-state index is 12.3. The Hall–Kier alpha value is -0.980. The van der Waals surface area contributed by atoms with Crippen molar-refractivity contribution in [2.24, 2.45) is 0 Å². The minimum Gasteiger partial charge on any atom is -0.395 e. The second kappa shape index (κ2) is 7.06. The van der Waals surface area contributed by atoms with Crippen molar-refractivity contribution >= 4 is 22.4 Å². The van der Waals surface area contributed by atoms with E-state index >= 15 is 0 Å². The van der Waals surface area contributed by atoms with Gasteiger partial charge >= 0.3 is 0 Å². The quantitative estimate of drug-likeness (QED) is 0.891. The van der Waals surface area contributed by atoms with Gasteiger partial charge in [-0.25, -0.2) is 4.98 Å². The number of fused-ring (bicyclic) bond motifs is 1. The summed E-state index contributed by atoms with van der Waals surface area (Å²) in [6, 6.07) is 0.458. The summed E-state index contributed by atoms with van der Waals surface area (Å²) >= 11 is 1.62. The molecule has 2 atom stereocenters. The molecule has 2 unspecified atom stereocenters. The highest BCUT2D eigenvalue weighted by Gasteiger charge is 2.29. The Bertz CT molecular complexity index is 508. The van der Waals surface area contributed by atoms with E-state index in [1.807, 2.05) is 0 Å². The molecule has 122 valence electrons. The first kappa shape index (κ1) is 15.9. The number of carbonyl (C=O) groups is 1. The highest BCUT2D eigenvalue weighted by Crippen LogP contribution is 2.29. The van der Waals surface area contributed by atoms with E-state index in [9.17, 15) is 9.90 Å². The molecule has 1 amide bonds. The third-order valence-corrected chi connectivity index (χ3v) is 5.90. The van der Waals surface area contributed by atoms with Crippen LogP contribution < -0.4 is 5.32 Å². The Balaban J connectivity index is 1.60. The lowest BCUT2D eigenvalue weighted by Crippen LogP contribution is -2.50. The minimum atomic E-state index is -0.0155. The van der Waals surface area contributed by atoms with E-state index in [1.54, 1.807) is 11.3 Å². The Morgan fingerprint density at radius 1 is 1.36 bits per heavy atom. The van der Waals surface area contributed by atoms with Crippen molar-refractivity contribution in [3.8, 4) is 0 Å². The van der Waals surface area contributed by atoms with E-state index in [0.29, 0.717) is 12.6 Å². The minimum absolute atomic E-state index is 0.0155. The molecule has 0 aromatic carbocycles. The number of carbonyl (C=O) groups excluding carboxylic acids is 1. The van der Waals surface area contributed by atoms with Gasteiger partial charge in [0.2, 0.25) is 5.91 Å². The molecule has 1 aromatic rings. The number of anilines is 1. The molecule has 5 nitrogen and oxygen atoms in total. The van der Waals surface area contributed by atoms with Crippen LogP contribution in [-0.4, -0.2) is 46.1 Å². The first-order chi connectivity index (χ1) is 10.7. The van der Waals surface area contributed by atoms with E-state index in [-0.39, 0.29) is 18.6 Å². The molecular weight excluding hydrogens is 298 g/mol. The lowest BCUT2D eigenvalue weighted by atomic mass is 9.97. The molecule has 0 bridgehead atoms. The van der Waals surface area contributed by atoms with Crippen LogP contribution in [-0.2, 0) is 17.6 Å². The normalized spacial score (nSPS) is 25.7. The van der Waals surface area contributed by atoms with E-state index in [1.165, 1.54) is 23.4 Å². The summed E-state index contributed by atoms with van der Waals surface area (Å²) in [5.41, 5.74) is 1.17. The highest BCUT2D eigenvalue weighted by molar-refractivity contribution is 7.15. The van der Waals surface area contributed by atoms with Crippen LogP contribution in [0, 0.1) is 0 Å². The Morgan fingerprint density at radius 3 is 2.95 bits per heavy atom. The Labute approximate surface area is 135 Å². The number of piperidine rings is 1. The van der Waals surface area contributed by atoms with Crippen LogP contribution in [0.1, 0.15) is 49.6 Å². The number of aryl methyl sites for hydroxylation is 2. The fourth-order valence-corrected chi connectivity index (χ4v) is 4.62. The fourth-order valence-electron chi connectivity index (χ4n) is 3.55. The largest absolute Gasteiger partial charge is 0.395 e. The summed E-state index contributed by atoms with van der Waals surface area (Å²) < 4.78 is 0. The summed E-state index contributed by atoms with van der Waals surface area (Å²) in [6.45, 7) is 2.61. The summed E-state index contributed by atoms with van der Waals surface area (Å²) in [7, 11) is 0. The predicted octanol–water partition coefficient (Wildman–Crippen LogP) is 2.20. The van der Waals surface area contributed by atoms with Crippen molar-refractivity contribution in [2.45, 2.75) is 64.0 Å².